The molecule has 0 radical (unpaired) electrons. The Bertz CT molecular complexity index is 1870. The third-order valence-electron chi connectivity index (χ3n) is 6.19. The van der Waals surface area contributed by atoms with E-state index in [0.29, 0.717) is 8.25 Å². The van der Waals surface area contributed by atoms with Gasteiger partial charge in [0.1, 0.15) is 11.4 Å². The molecule has 2 aromatic heterocycles. The normalized spacial score (nSPS) is 13.6. The molecule has 0 atom stereocenters. The molecule has 2 aromatic carbocycles. The van der Waals surface area contributed by atoms with Crippen LogP contribution >= 0.6 is 77.7 Å². The van der Waals surface area contributed by atoms with Gasteiger partial charge >= 0.3 is 42.4 Å². The average Bonchev–Trinajstić information content (AvgIpc) is 3.56. The minimum atomic E-state index is -6.52. The minimum Gasteiger partial charge on any atom is -0.403 e. The van der Waals surface area contributed by atoms with Crippen molar-refractivity contribution in [2.24, 2.45) is 0 Å². The van der Waals surface area contributed by atoms with Gasteiger partial charge in [-0.25, -0.2) is 18.1 Å². The highest BCUT2D eigenvalue weighted by molar-refractivity contribution is 14.1. The van der Waals surface area contributed by atoms with E-state index in [2.05, 4.69) is 46.8 Å². The number of hydrogen-bond donors (Lipinski definition) is 0. The summed E-state index contributed by atoms with van der Waals surface area (Å²) in [5, 5.41) is 6.14. The predicted molar refractivity (Wildman–Crippen MR) is 162 cm³/mol. The van der Waals surface area contributed by atoms with E-state index in [4.69, 9.17) is 23.2 Å². The number of hydrogen-bond acceptors (Lipinski definition) is 3. The number of alkyl halides is 17. The minimum absolute atomic E-state index is 0.0507. The fourth-order valence-corrected chi connectivity index (χ4v) is 5.96. The van der Waals surface area contributed by atoms with Crippen molar-refractivity contribution in [2.45, 2.75) is 42.4 Å². The number of nitrogens with zero attached hydrogens (tertiary/aromatic N) is 4. The van der Waals surface area contributed by atoms with Crippen LogP contribution < -0.4 is 4.74 Å². The lowest BCUT2D eigenvalue weighted by atomic mass is 9.93. The van der Waals surface area contributed by atoms with E-state index in [1.54, 1.807) is 0 Å². The third-order valence-corrected chi connectivity index (χ3v) is 8.34. The first-order valence-electron chi connectivity index (χ1n) is 12.4. The molecule has 52 heavy (non-hydrogen) atoms. The Balaban J connectivity index is 0.000000284. The molecule has 4 aromatic rings. The maximum atomic E-state index is 14.2. The molecule has 0 spiro atoms. The topological polar surface area (TPSA) is 44.9 Å². The molecule has 5 nitrogen and oxygen atoms in total. The molecule has 0 aliphatic carbocycles. The second-order valence-electron chi connectivity index (χ2n) is 9.66. The average molecular weight is 1060 g/mol. The zero-order valence-electron chi connectivity index (χ0n) is 23.6. The van der Waals surface area contributed by atoms with Gasteiger partial charge in [0, 0.05) is 28.0 Å². The maximum absolute atomic E-state index is 14.2. The quantitative estimate of drug-likeness (QED) is 0.148. The van der Waals surface area contributed by atoms with Crippen LogP contribution in [0.3, 0.4) is 0 Å². The highest BCUT2D eigenvalue weighted by Crippen LogP contribution is 2.56. The molecule has 0 fully saturated rings. The van der Waals surface area contributed by atoms with Crippen molar-refractivity contribution < 1.29 is 79.4 Å². The van der Waals surface area contributed by atoms with Gasteiger partial charge in [0.05, 0.1) is 30.5 Å². The lowest BCUT2D eigenvalue weighted by molar-refractivity contribution is -0.349. The first kappa shape index (κ1) is 44.1. The lowest BCUT2D eigenvalue weighted by Crippen LogP contribution is -2.50. The zero-order chi connectivity index (χ0) is 40.2. The molecule has 0 N–H and O–H groups in total. The van der Waals surface area contributed by atoms with Gasteiger partial charge in [0.25, 0.3) is 0 Å². The van der Waals surface area contributed by atoms with Gasteiger partial charge in [0.15, 0.2) is 5.75 Å². The molecule has 0 unspecified atom stereocenters. The summed E-state index contributed by atoms with van der Waals surface area (Å²) < 4.78 is 226. The molecule has 27 heteroatoms. The van der Waals surface area contributed by atoms with Gasteiger partial charge in [-0.05, 0) is 78.7 Å². The smallest absolute Gasteiger partial charge is 0.403 e. The van der Waals surface area contributed by atoms with Crippen LogP contribution in [0.4, 0.5) is 74.6 Å². The molecular weight excluding hydrogens is 1050 g/mol. The van der Waals surface area contributed by atoms with Gasteiger partial charge in [-0.15, -0.1) is 13.2 Å². The number of rotatable bonds is 5. The van der Waals surface area contributed by atoms with Gasteiger partial charge < -0.3 is 4.74 Å². The molecular formula is C25H8Br2Cl2F17IN4O. The van der Waals surface area contributed by atoms with Crippen LogP contribution in [-0.2, 0) is 11.3 Å². The van der Waals surface area contributed by atoms with Gasteiger partial charge in [0.2, 0.25) is 0 Å². The highest BCUT2D eigenvalue weighted by Gasteiger charge is 2.74. The number of aromatic nitrogens is 4. The second-order valence-corrected chi connectivity index (χ2v) is 13.5. The van der Waals surface area contributed by atoms with Crippen LogP contribution in [0, 0.1) is 3.57 Å². The lowest BCUT2D eigenvalue weighted by Gasteiger charge is -2.31. The summed E-state index contributed by atoms with van der Waals surface area (Å²) in [5.41, 5.74) is -16.4. The fraction of sp³-hybridized carbons (Fsp3) is 0.280. The number of halogens is 22. The Kier molecular flexibility index (Phi) is 12.5. The van der Waals surface area contributed by atoms with Crippen molar-refractivity contribution >= 4 is 77.7 Å². The van der Waals surface area contributed by atoms with E-state index in [0.717, 1.165) is 17.1 Å². The van der Waals surface area contributed by atoms with E-state index < -0.39 is 79.5 Å². The van der Waals surface area contributed by atoms with Crippen molar-refractivity contribution in [1.82, 2.24) is 19.6 Å². The van der Waals surface area contributed by atoms with Gasteiger partial charge in [-0.1, -0.05) is 23.2 Å². The summed E-state index contributed by atoms with van der Waals surface area (Å²) in [6.45, 7) is 0. The molecule has 0 saturated heterocycles. The van der Waals surface area contributed by atoms with E-state index in [1.165, 1.54) is 12.4 Å². The summed E-state index contributed by atoms with van der Waals surface area (Å²) in [4.78, 5) is 0. The molecule has 0 aliphatic heterocycles. The second kappa shape index (κ2) is 14.8. The fourth-order valence-electron chi connectivity index (χ4n) is 4.00. The molecule has 0 saturated carbocycles. The number of ether oxygens (including phenoxy) is 1. The van der Waals surface area contributed by atoms with E-state index in [9.17, 15) is 74.6 Å². The van der Waals surface area contributed by atoms with Gasteiger partial charge in [-0.3, -0.25) is 0 Å². The van der Waals surface area contributed by atoms with E-state index in [1.807, 2.05) is 22.6 Å². The Morgan fingerprint density at radius 2 is 0.981 bits per heavy atom. The Hall–Kier alpha value is -2.26. The first-order valence-corrected chi connectivity index (χ1v) is 15.8. The van der Waals surface area contributed by atoms with E-state index in [-0.39, 0.29) is 34.4 Å². The van der Waals surface area contributed by atoms with Crippen molar-refractivity contribution in [2.75, 3.05) is 0 Å². The standard InChI is InChI=1S/C13H4Br2F10N2O.C12H4Cl2F7IN2/c14-6-3-26-27(4-6)9-7(15)1-5(2-8(9)28-13(23,24)25)10(16,11(17,18)19)12(20,21)22;13-7-1-5(10(15,11(16,17)18)12(19,20)21)2-8(14)9(7)24-4-6(22)3-23-24/h1-4H;1-4H. The third kappa shape index (κ3) is 8.82. The van der Waals surface area contributed by atoms with Crippen molar-refractivity contribution in [3.63, 3.8) is 0 Å². The summed E-state index contributed by atoms with van der Waals surface area (Å²) in [7, 11) is 0. The van der Waals surface area contributed by atoms with Crippen molar-refractivity contribution in [3.8, 4) is 17.1 Å². The summed E-state index contributed by atoms with van der Waals surface area (Å²) in [6, 6.07) is 0.190. The summed E-state index contributed by atoms with van der Waals surface area (Å²) in [5.74, 6) is -1.54. The molecule has 0 bridgehead atoms. The van der Waals surface area contributed by atoms with Crippen LogP contribution in [0.2, 0.25) is 10.0 Å². The van der Waals surface area contributed by atoms with E-state index >= 15 is 0 Å². The van der Waals surface area contributed by atoms with Crippen LogP contribution in [0.15, 0.2) is 58.0 Å². The first-order chi connectivity index (χ1) is 23.3. The van der Waals surface area contributed by atoms with Crippen LogP contribution in [-0.4, -0.2) is 50.6 Å². The Morgan fingerprint density at radius 1 is 0.577 bits per heavy atom. The molecule has 2 heterocycles. The zero-order valence-corrected chi connectivity index (χ0v) is 30.5. The molecule has 4 rings (SSSR count). The van der Waals surface area contributed by atoms with Crippen LogP contribution in [0.1, 0.15) is 11.1 Å². The van der Waals surface area contributed by atoms with Crippen molar-refractivity contribution in [3.05, 3.63) is 82.7 Å². The highest BCUT2D eigenvalue weighted by atomic mass is 127. The summed E-state index contributed by atoms with van der Waals surface area (Å²) in [6.07, 6.45) is -26.2. The molecule has 0 aliphatic rings. The van der Waals surface area contributed by atoms with Crippen molar-refractivity contribution in [1.29, 1.82) is 0 Å². The van der Waals surface area contributed by atoms with Crippen LogP contribution in [0.5, 0.6) is 5.75 Å². The Labute approximate surface area is 317 Å². The largest absolute Gasteiger partial charge is 0.573 e. The maximum Gasteiger partial charge on any atom is 0.573 e. The predicted octanol–water partition coefficient (Wildman–Crippen LogP) is 12.7. The molecule has 0 amide bonds. The SMILES string of the molecule is FC(F)(F)C(F)(c1cc(Cl)c(-n2cc(I)cn2)c(Cl)c1)C(F)(F)F.FC(F)(F)Oc1cc(C(F)(C(F)(F)F)C(F)(F)F)cc(Br)c1-n1cc(Br)cn1. The number of benzene rings is 2. The summed E-state index contributed by atoms with van der Waals surface area (Å²) >= 11 is 18.8. The van der Waals surface area contributed by atoms with Crippen LogP contribution in [0.25, 0.3) is 11.4 Å². The molecule has 288 valence electrons. The van der Waals surface area contributed by atoms with Gasteiger partial charge in [-0.2, -0.15) is 62.9 Å². The Morgan fingerprint density at radius 3 is 1.33 bits per heavy atom. The monoisotopic (exact) mass is 1060 g/mol.